The monoisotopic (exact) mass is 395 g/mol. The fourth-order valence-corrected chi connectivity index (χ4v) is 2.26. The molecule has 0 aromatic heterocycles. The summed E-state index contributed by atoms with van der Waals surface area (Å²) >= 11 is 7.94. The summed E-state index contributed by atoms with van der Waals surface area (Å²) < 4.78 is 0.831. The first-order valence-electron chi connectivity index (χ1n) is 5.85. The summed E-state index contributed by atoms with van der Waals surface area (Å²) in [4.78, 5) is 22.4. The van der Waals surface area contributed by atoms with Gasteiger partial charge < -0.3 is 10.4 Å². The van der Waals surface area contributed by atoms with Crippen molar-refractivity contribution in [3.63, 3.8) is 0 Å². The van der Waals surface area contributed by atoms with E-state index >= 15 is 0 Å². The zero-order valence-electron chi connectivity index (χ0n) is 10.5. The zero-order chi connectivity index (χ0) is 14.4. The molecule has 19 heavy (non-hydrogen) atoms. The molecule has 0 spiro atoms. The van der Waals surface area contributed by atoms with E-state index in [4.69, 9.17) is 16.7 Å². The van der Waals surface area contributed by atoms with Crippen molar-refractivity contribution in [2.75, 3.05) is 6.54 Å². The van der Waals surface area contributed by atoms with Gasteiger partial charge >= 0.3 is 5.97 Å². The Morgan fingerprint density at radius 1 is 1.47 bits per heavy atom. The first kappa shape index (κ1) is 16.2. The number of halogens is 2. The number of hydrogen-bond acceptors (Lipinski definition) is 2. The maximum atomic E-state index is 12.0. The van der Waals surface area contributed by atoms with E-state index in [0.717, 1.165) is 3.57 Å². The van der Waals surface area contributed by atoms with Crippen molar-refractivity contribution in [1.29, 1.82) is 0 Å². The number of carbonyl (C=O) groups excluding carboxylic acids is 1. The maximum absolute atomic E-state index is 12.0. The minimum atomic E-state index is -0.817. The SMILES string of the molecule is CC(CCC(=O)O)CNC(=O)c1cc(Cl)ccc1I. The molecule has 1 atom stereocenters. The second-order valence-corrected chi connectivity index (χ2v) is 5.97. The molecule has 0 heterocycles. The first-order chi connectivity index (χ1) is 8.90. The average molecular weight is 396 g/mol. The van der Waals surface area contributed by atoms with Crippen LogP contribution in [-0.4, -0.2) is 23.5 Å². The van der Waals surface area contributed by atoms with E-state index in [1.54, 1.807) is 18.2 Å². The van der Waals surface area contributed by atoms with Crippen molar-refractivity contribution in [1.82, 2.24) is 5.32 Å². The molecule has 1 unspecified atom stereocenters. The third-order valence-corrected chi connectivity index (χ3v) is 3.81. The second-order valence-electron chi connectivity index (χ2n) is 4.37. The Hall–Kier alpha value is -0.820. The van der Waals surface area contributed by atoms with Crippen LogP contribution in [0, 0.1) is 9.49 Å². The van der Waals surface area contributed by atoms with E-state index in [1.807, 2.05) is 6.92 Å². The smallest absolute Gasteiger partial charge is 0.303 e. The van der Waals surface area contributed by atoms with E-state index < -0.39 is 5.97 Å². The third kappa shape index (κ3) is 5.78. The molecular weight excluding hydrogens is 381 g/mol. The Bertz CT molecular complexity index is 479. The number of rotatable bonds is 6. The van der Waals surface area contributed by atoms with Crippen molar-refractivity contribution >= 4 is 46.1 Å². The highest BCUT2D eigenvalue weighted by atomic mass is 127. The molecule has 0 bridgehead atoms. The number of hydrogen-bond donors (Lipinski definition) is 2. The largest absolute Gasteiger partial charge is 0.481 e. The van der Waals surface area contributed by atoms with Gasteiger partial charge in [-0.3, -0.25) is 9.59 Å². The molecule has 1 aromatic carbocycles. The Morgan fingerprint density at radius 3 is 2.79 bits per heavy atom. The van der Waals surface area contributed by atoms with Crippen molar-refractivity contribution < 1.29 is 14.7 Å². The highest BCUT2D eigenvalue weighted by molar-refractivity contribution is 14.1. The van der Waals surface area contributed by atoms with Gasteiger partial charge in [-0.15, -0.1) is 0 Å². The van der Waals surface area contributed by atoms with E-state index in [2.05, 4.69) is 27.9 Å². The van der Waals surface area contributed by atoms with Gasteiger partial charge in [-0.2, -0.15) is 0 Å². The minimum absolute atomic E-state index is 0.117. The Kier molecular flexibility index (Phi) is 6.57. The minimum Gasteiger partial charge on any atom is -0.481 e. The fourth-order valence-electron chi connectivity index (χ4n) is 1.51. The lowest BCUT2D eigenvalue weighted by Gasteiger charge is -2.12. The summed E-state index contributed by atoms with van der Waals surface area (Å²) in [7, 11) is 0. The van der Waals surface area contributed by atoms with E-state index in [9.17, 15) is 9.59 Å². The molecule has 0 aliphatic rings. The van der Waals surface area contributed by atoms with Gasteiger partial charge in [0.05, 0.1) is 5.56 Å². The highest BCUT2D eigenvalue weighted by Gasteiger charge is 2.12. The highest BCUT2D eigenvalue weighted by Crippen LogP contribution is 2.18. The maximum Gasteiger partial charge on any atom is 0.303 e. The number of aliphatic carboxylic acids is 1. The van der Waals surface area contributed by atoms with Crippen LogP contribution in [-0.2, 0) is 4.79 Å². The van der Waals surface area contributed by atoms with Crippen LogP contribution in [0.1, 0.15) is 30.1 Å². The predicted molar refractivity (Wildman–Crippen MR) is 82.5 cm³/mol. The Morgan fingerprint density at radius 2 is 2.16 bits per heavy atom. The molecule has 1 rings (SSSR count). The van der Waals surface area contributed by atoms with Gasteiger partial charge in [0.1, 0.15) is 0 Å². The van der Waals surface area contributed by atoms with Gasteiger partial charge in [-0.25, -0.2) is 0 Å². The van der Waals surface area contributed by atoms with Crippen molar-refractivity contribution in [3.8, 4) is 0 Å². The average Bonchev–Trinajstić information content (AvgIpc) is 2.36. The summed E-state index contributed by atoms with van der Waals surface area (Å²) in [5.74, 6) is -0.881. The van der Waals surface area contributed by atoms with Crippen LogP contribution in [0.2, 0.25) is 5.02 Å². The number of amides is 1. The van der Waals surface area contributed by atoms with Gasteiger partial charge in [-0.05, 0) is 53.1 Å². The molecule has 0 saturated carbocycles. The lowest BCUT2D eigenvalue weighted by Crippen LogP contribution is -2.29. The first-order valence-corrected chi connectivity index (χ1v) is 7.31. The molecule has 0 saturated heterocycles. The van der Waals surface area contributed by atoms with Crippen LogP contribution >= 0.6 is 34.2 Å². The molecule has 104 valence electrons. The van der Waals surface area contributed by atoms with Crippen LogP contribution < -0.4 is 5.32 Å². The number of benzene rings is 1. The van der Waals surface area contributed by atoms with Gasteiger partial charge in [-0.1, -0.05) is 18.5 Å². The lowest BCUT2D eigenvalue weighted by molar-refractivity contribution is -0.137. The number of carbonyl (C=O) groups is 2. The second kappa shape index (κ2) is 7.69. The third-order valence-electron chi connectivity index (χ3n) is 2.64. The van der Waals surface area contributed by atoms with Crippen LogP contribution in [0.5, 0.6) is 0 Å². The Labute approximate surface area is 130 Å². The van der Waals surface area contributed by atoms with Crippen molar-refractivity contribution in [2.24, 2.45) is 5.92 Å². The van der Waals surface area contributed by atoms with Crippen molar-refractivity contribution in [2.45, 2.75) is 19.8 Å². The number of nitrogens with one attached hydrogen (secondary N) is 1. The standard InChI is InChI=1S/C13H15ClINO3/c1-8(2-5-12(17)18)7-16-13(19)10-6-9(14)3-4-11(10)15/h3-4,6,8H,2,5,7H2,1H3,(H,16,19)(H,17,18). The number of carboxylic acids is 1. The normalized spacial score (nSPS) is 11.9. The summed E-state index contributed by atoms with van der Waals surface area (Å²) in [5.41, 5.74) is 0.540. The van der Waals surface area contributed by atoms with E-state index in [-0.39, 0.29) is 18.2 Å². The summed E-state index contributed by atoms with van der Waals surface area (Å²) in [6.45, 7) is 2.36. The molecule has 0 aliphatic carbocycles. The van der Waals surface area contributed by atoms with Gasteiger partial charge in [0, 0.05) is 21.6 Å². The quantitative estimate of drug-likeness (QED) is 0.727. The van der Waals surface area contributed by atoms with Crippen molar-refractivity contribution in [3.05, 3.63) is 32.4 Å². The van der Waals surface area contributed by atoms with E-state index in [1.165, 1.54) is 0 Å². The van der Waals surface area contributed by atoms with E-state index in [0.29, 0.717) is 23.6 Å². The molecule has 1 aromatic rings. The lowest BCUT2D eigenvalue weighted by atomic mass is 10.1. The molecule has 0 radical (unpaired) electrons. The van der Waals surface area contributed by atoms with Crippen LogP contribution in [0.25, 0.3) is 0 Å². The molecule has 2 N–H and O–H groups in total. The summed E-state index contributed by atoms with van der Waals surface area (Å²) in [5, 5.41) is 11.9. The molecule has 6 heteroatoms. The predicted octanol–water partition coefficient (Wildman–Crippen LogP) is 3.18. The summed E-state index contributed by atoms with van der Waals surface area (Å²) in [6, 6.07) is 5.14. The van der Waals surface area contributed by atoms with Crippen LogP contribution in [0.3, 0.4) is 0 Å². The molecule has 0 aliphatic heterocycles. The van der Waals surface area contributed by atoms with Crippen LogP contribution in [0.4, 0.5) is 0 Å². The molecule has 0 fully saturated rings. The van der Waals surface area contributed by atoms with Gasteiger partial charge in [0.15, 0.2) is 0 Å². The molecule has 4 nitrogen and oxygen atoms in total. The van der Waals surface area contributed by atoms with Gasteiger partial charge in [0.25, 0.3) is 5.91 Å². The Balaban J connectivity index is 2.51. The fraction of sp³-hybridized carbons (Fsp3) is 0.385. The topological polar surface area (TPSA) is 66.4 Å². The number of carboxylic acid groups (broad SMARTS) is 1. The van der Waals surface area contributed by atoms with Crippen LogP contribution in [0.15, 0.2) is 18.2 Å². The molecular formula is C13H15ClINO3. The summed E-state index contributed by atoms with van der Waals surface area (Å²) in [6.07, 6.45) is 0.661. The zero-order valence-corrected chi connectivity index (χ0v) is 13.4. The molecule has 1 amide bonds. The van der Waals surface area contributed by atoms with Gasteiger partial charge in [0.2, 0.25) is 0 Å².